The summed E-state index contributed by atoms with van der Waals surface area (Å²) in [6, 6.07) is 5.36. The summed E-state index contributed by atoms with van der Waals surface area (Å²) in [7, 11) is 0. The molecule has 1 heterocycles. The zero-order valence-corrected chi connectivity index (χ0v) is 14.4. The normalized spacial score (nSPS) is 22.4. The number of carbonyl (C=O) groups excluding carboxylic acids is 2. The SMILES string of the molecule is O=C(NC1CCCCC1)C1CC(=O)N(c2ccc(Cl)c(Cl)c2)C1. The quantitative estimate of drug-likeness (QED) is 0.897. The lowest BCUT2D eigenvalue weighted by Crippen LogP contribution is -2.40. The van der Waals surface area contributed by atoms with E-state index in [0.29, 0.717) is 22.3 Å². The van der Waals surface area contributed by atoms with Crippen LogP contribution in [-0.2, 0) is 9.59 Å². The molecule has 1 saturated carbocycles. The molecule has 1 atom stereocenters. The average Bonchev–Trinajstić information content (AvgIpc) is 2.93. The largest absolute Gasteiger partial charge is 0.353 e. The zero-order chi connectivity index (χ0) is 16.4. The molecule has 1 aromatic rings. The molecule has 0 aromatic heterocycles. The molecule has 2 aliphatic rings. The molecule has 124 valence electrons. The number of nitrogens with zero attached hydrogens (tertiary/aromatic N) is 1. The third-order valence-electron chi connectivity index (χ3n) is 4.66. The van der Waals surface area contributed by atoms with Gasteiger partial charge in [-0.25, -0.2) is 0 Å². The van der Waals surface area contributed by atoms with E-state index in [9.17, 15) is 9.59 Å². The van der Waals surface area contributed by atoms with E-state index in [1.807, 2.05) is 0 Å². The second-order valence-corrected chi connectivity index (χ2v) is 7.16. The number of nitrogens with one attached hydrogen (secondary N) is 1. The van der Waals surface area contributed by atoms with Crippen molar-refractivity contribution in [2.45, 2.75) is 44.6 Å². The highest BCUT2D eigenvalue weighted by Crippen LogP contribution is 2.31. The van der Waals surface area contributed by atoms with Gasteiger partial charge in [-0.15, -0.1) is 0 Å². The number of hydrogen-bond acceptors (Lipinski definition) is 2. The fourth-order valence-electron chi connectivity index (χ4n) is 3.35. The van der Waals surface area contributed by atoms with E-state index in [1.54, 1.807) is 23.1 Å². The molecule has 4 nitrogen and oxygen atoms in total. The van der Waals surface area contributed by atoms with Gasteiger partial charge in [-0.05, 0) is 31.0 Å². The number of carbonyl (C=O) groups is 2. The minimum Gasteiger partial charge on any atom is -0.353 e. The topological polar surface area (TPSA) is 49.4 Å². The first-order valence-electron chi connectivity index (χ1n) is 8.10. The Hall–Kier alpha value is -1.26. The van der Waals surface area contributed by atoms with Crippen LogP contribution in [0.2, 0.25) is 10.0 Å². The Bertz CT molecular complexity index is 615. The molecule has 0 radical (unpaired) electrons. The predicted octanol–water partition coefficient (Wildman–Crippen LogP) is 3.80. The maximum absolute atomic E-state index is 12.4. The lowest BCUT2D eigenvalue weighted by molar-refractivity contribution is -0.127. The van der Waals surface area contributed by atoms with Crippen molar-refractivity contribution in [3.63, 3.8) is 0 Å². The van der Waals surface area contributed by atoms with Crippen LogP contribution in [0.1, 0.15) is 38.5 Å². The molecule has 0 spiro atoms. The highest BCUT2D eigenvalue weighted by Gasteiger charge is 2.36. The summed E-state index contributed by atoms with van der Waals surface area (Å²) in [6.45, 7) is 0.398. The van der Waals surface area contributed by atoms with Crippen molar-refractivity contribution in [3.05, 3.63) is 28.2 Å². The van der Waals surface area contributed by atoms with Crippen molar-refractivity contribution in [1.82, 2.24) is 5.32 Å². The molecule has 2 fully saturated rings. The molecule has 1 unspecified atom stereocenters. The summed E-state index contributed by atoms with van der Waals surface area (Å²) in [5, 5.41) is 3.97. The van der Waals surface area contributed by atoms with E-state index in [0.717, 1.165) is 12.8 Å². The Labute approximate surface area is 146 Å². The van der Waals surface area contributed by atoms with Crippen LogP contribution in [0.4, 0.5) is 5.69 Å². The second kappa shape index (κ2) is 7.10. The number of halogens is 2. The molecular formula is C17H20Cl2N2O2. The van der Waals surface area contributed by atoms with Crippen LogP contribution in [-0.4, -0.2) is 24.4 Å². The van der Waals surface area contributed by atoms with Crippen LogP contribution in [0, 0.1) is 5.92 Å². The van der Waals surface area contributed by atoms with Crippen LogP contribution in [0.3, 0.4) is 0 Å². The van der Waals surface area contributed by atoms with Gasteiger partial charge in [0.05, 0.1) is 16.0 Å². The van der Waals surface area contributed by atoms with Gasteiger partial charge < -0.3 is 10.2 Å². The Kier molecular flexibility index (Phi) is 5.12. The minimum atomic E-state index is -0.293. The van der Waals surface area contributed by atoms with E-state index in [-0.39, 0.29) is 30.2 Å². The molecule has 6 heteroatoms. The van der Waals surface area contributed by atoms with Crippen LogP contribution >= 0.6 is 23.2 Å². The Morgan fingerprint density at radius 1 is 1.13 bits per heavy atom. The molecule has 0 bridgehead atoms. The van der Waals surface area contributed by atoms with Gasteiger partial charge in [0, 0.05) is 24.7 Å². The number of anilines is 1. The summed E-state index contributed by atoms with van der Waals surface area (Å²) < 4.78 is 0. The van der Waals surface area contributed by atoms with Crippen LogP contribution in [0.15, 0.2) is 18.2 Å². The van der Waals surface area contributed by atoms with Gasteiger partial charge >= 0.3 is 0 Å². The molecule has 23 heavy (non-hydrogen) atoms. The average molecular weight is 355 g/mol. The van der Waals surface area contributed by atoms with Crippen molar-refractivity contribution >= 4 is 40.7 Å². The first-order valence-corrected chi connectivity index (χ1v) is 8.86. The third kappa shape index (κ3) is 3.81. The molecule has 3 rings (SSSR count). The van der Waals surface area contributed by atoms with Gasteiger partial charge in [-0.1, -0.05) is 42.5 Å². The smallest absolute Gasteiger partial charge is 0.227 e. The monoisotopic (exact) mass is 354 g/mol. The third-order valence-corrected chi connectivity index (χ3v) is 5.40. The number of benzene rings is 1. The maximum Gasteiger partial charge on any atom is 0.227 e. The van der Waals surface area contributed by atoms with E-state index in [2.05, 4.69) is 5.32 Å². The standard InChI is InChI=1S/C17H20Cl2N2O2/c18-14-7-6-13(9-15(14)19)21-10-11(8-16(21)22)17(23)20-12-4-2-1-3-5-12/h6-7,9,11-12H,1-5,8,10H2,(H,20,23). The fraction of sp³-hybridized carbons (Fsp3) is 0.529. The van der Waals surface area contributed by atoms with Crippen molar-refractivity contribution < 1.29 is 9.59 Å². The molecule has 2 amide bonds. The molecule has 1 aliphatic carbocycles. The van der Waals surface area contributed by atoms with E-state index < -0.39 is 0 Å². The van der Waals surface area contributed by atoms with E-state index >= 15 is 0 Å². The Morgan fingerprint density at radius 2 is 1.87 bits per heavy atom. The predicted molar refractivity (Wildman–Crippen MR) is 91.9 cm³/mol. The van der Waals surface area contributed by atoms with Gasteiger partial charge in [0.15, 0.2) is 0 Å². The summed E-state index contributed by atoms with van der Waals surface area (Å²) >= 11 is 11.9. The zero-order valence-electron chi connectivity index (χ0n) is 12.9. The first-order chi connectivity index (χ1) is 11.0. The van der Waals surface area contributed by atoms with Crippen LogP contribution < -0.4 is 10.2 Å². The highest BCUT2D eigenvalue weighted by atomic mass is 35.5. The van der Waals surface area contributed by atoms with Crippen molar-refractivity contribution in [1.29, 1.82) is 0 Å². The Morgan fingerprint density at radius 3 is 2.57 bits per heavy atom. The van der Waals surface area contributed by atoms with Crippen molar-refractivity contribution in [2.24, 2.45) is 5.92 Å². The lowest BCUT2D eigenvalue weighted by Gasteiger charge is -2.24. The van der Waals surface area contributed by atoms with Gasteiger partial charge in [-0.3, -0.25) is 9.59 Å². The second-order valence-electron chi connectivity index (χ2n) is 6.35. The molecule has 1 saturated heterocycles. The van der Waals surface area contributed by atoms with Gasteiger partial charge in [0.1, 0.15) is 0 Å². The summed E-state index contributed by atoms with van der Waals surface area (Å²) in [4.78, 5) is 26.3. The number of amides is 2. The molecular weight excluding hydrogens is 335 g/mol. The lowest BCUT2D eigenvalue weighted by atomic mass is 9.95. The molecule has 1 aliphatic heterocycles. The number of hydrogen-bond donors (Lipinski definition) is 1. The highest BCUT2D eigenvalue weighted by molar-refractivity contribution is 6.42. The summed E-state index contributed by atoms with van der Waals surface area (Å²) in [6.07, 6.45) is 5.93. The van der Waals surface area contributed by atoms with Crippen molar-refractivity contribution in [3.8, 4) is 0 Å². The van der Waals surface area contributed by atoms with E-state index in [4.69, 9.17) is 23.2 Å². The Balaban J connectivity index is 1.64. The van der Waals surface area contributed by atoms with Crippen LogP contribution in [0.25, 0.3) is 0 Å². The summed E-state index contributed by atoms with van der Waals surface area (Å²) in [5.74, 6) is -0.348. The molecule has 1 aromatic carbocycles. The summed E-state index contributed by atoms with van der Waals surface area (Å²) in [5.41, 5.74) is 0.692. The van der Waals surface area contributed by atoms with Gasteiger partial charge in [0.2, 0.25) is 11.8 Å². The van der Waals surface area contributed by atoms with Gasteiger partial charge in [-0.2, -0.15) is 0 Å². The maximum atomic E-state index is 12.4. The molecule has 1 N–H and O–H groups in total. The fourth-order valence-corrected chi connectivity index (χ4v) is 3.64. The number of rotatable bonds is 3. The first kappa shape index (κ1) is 16.6. The minimum absolute atomic E-state index is 0.00666. The van der Waals surface area contributed by atoms with Gasteiger partial charge in [0.25, 0.3) is 0 Å². The van der Waals surface area contributed by atoms with Crippen LogP contribution in [0.5, 0.6) is 0 Å². The van der Waals surface area contributed by atoms with Crippen molar-refractivity contribution in [2.75, 3.05) is 11.4 Å². The van der Waals surface area contributed by atoms with E-state index in [1.165, 1.54) is 19.3 Å².